The highest BCUT2D eigenvalue weighted by molar-refractivity contribution is 5.82. The Hall–Kier alpha value is -1.32. The molecule has 2 heterocycles. The van der Waals surface area contributed by atoms with Crippen molar-refractivity contribution in [1.29, 1.82) is 0 Å². The van der Waals surface area contributed by atoms with E-state index in [9.17, 15) is 0 Å². The molecule has 3 rings (SSSR count). The molecule has 0 spiro atoms. The van der Waals surface area contributed by atoms with Gasteiger partial charge in [0.1, 0.15) is 0 Å². The third-order valence-electron chi connectivity index (χ3n) is 3.46. The number of aromatic nitrogens is 1. The minimum absolute atomic E-state index is 0.695. The molecular weight excluding hydrogens is 212 g/mol. The monoisotopic (exact) mass is 230 g/mol. The quantitative estimate of drug-likeness (QED) is 0.845. The fourth-order valence-corrected chi connectivity index (χ4v) is 2.46. The van der Waals surface area contributed by atoms with Gasteiger partial charge in [0, 0.05) is 36.8 Å². The average molecular weight is 230 g/mol. The third-order valence-corrected chi connectivity index (χ3v) is 3.46. The van der Waals surface area contributed by atoms with Gasteiger partial charge < -0.3 is 15.0 Å². The van der Waals surface area contributed by atoms with Crippen molar-refractivity contribution in [3.8, 4) is 0 Å². The fourth-order valence-electron chi connectivity index (χ4n) is 2.46. The molecule has 0 radical (unpaired) electrons. The van der Waals surface area contributed by atoms with Gasteiger partial charge in [-0.05, 0) is 30.0 Å². The van der Waals surface area contributed by atoms with E-state index in [2.05, 4.69) is 34.6 Å². The molecule has 1 aromatic carbocycles. The Morgan fingerprint density at radius 2 is 2.35 bits per heavy atom. The molecule has 1 saturated heterocycles. The van der Waals surface area contributed by atoms with Crippen LogP contribution in [0.2, 0.25) is 0 Å². The van der Waals surface area contributed by atoms with Gasteiger partial charge in [-0.1, -0.05) is 12.1 Å². The summed E-state index contributed by atoms with van der Waals surface area (Å²) in [6, 6.07) is 8.55. The summed E-state index contributed by atoms with van der Waals surface area (Å²) in [4.78, 5) is 3.24. The van der Waals surface area contributed by atoms with Crippen molar-refractivity contribution >= 4 is 10.9 Å². The molecule has 1 aromatic heterocycles. The average Bonchev–Trinajstić information content (AvgIpc) is 2.99. The minimum atomic E-state index is 0.695. The minimum Gasteiger partial charge on any atom is -0.381 e. The summed E-state index contributed by atoms with van der Waals surface area (Å²) >= 11 is 0. The van der Waals surface area contributed by atoms with Gasteiger partial charge in [0.15, 0.2) is 0 Å². The number of aromatic amines is 1. The van der Waals surface area contributed by atoms with E-state index in [0.29, 0.717) is 5.92 Å². The Kier molecular flexibility index (Phi) is 3.12. The topological polar surface area (TPSA) is 37.0 Å². The van der Waals surface area contributed by atoms with Crippen LogP contribution in [0.3, 0.4) is 0 Å². The van der Waals surface area contributed by atoms with Crippen LogP contribution in [0.4, 0.5) is 0 Å². The van der Waals surface area contributed by atoms with Crippen molar-refractivity contribution < 1.29 is 4.74 Å². The molecule has 1 atom stereocenters. The van der Waals surface area contributed by atoms with Crippen LogP contribution in [0.25, 0.3) is 10.9 Å². The molecule has 1 unspecified atom stereocenters. The Balaban J connectivity index is 1.62. The predicted octanol–water partition coefficient (Wildman–Crippen LogP) is 2.29. The van der Waals surface area contributed by atoms with Gasteiger partial charge in [-0.2, -0.15) is 0 Å². The number of H-pyrrole nitrogens is 1. The molecule has 90 valence electrons. The number of fused-ring (bicyclic) bond motifs is 1. The summed E-state index contributed by atoms with van der Waals surface area (Å²) < 4.78 is 5.37. The molecule has 0 amide bonds. The molecule has 2 N–H and O–H groups in total. The van der Waals surface area contributed by atoms with E-state index in [0.717, 1.165) is 26.3 Å². The maximum absolute atomic E-state index is 5.37. The molecule has 0 bridgehead atoms. The summed E-state index contributed by atoms with van der Waals surface area (Å²) in [7, 11) is 0. The number of hydrogen-bond donors (Lipinski definition) is 2. The number of nitrogens with one attached hydrogen (secondary N) is 2. The second-order valence-corrected chi connectivity index (χ2v) is 4.72. The third kappa shape index (κ3) is 2.35. The van der Waals surface area contributed by atoms with Gasteiger partial charge in [-0.3, -0.25) is 0 Å². The van der Waals surface area contributed by atoms with E-state index in [4.69, 9.17) is 4.74 Å². The smallest absolute Gasteiger partial charge is 0.0507 e. The van der Waals surface area contributed by atoms with Crippen molar-refractivity contribution in [3.63, 3.8) is 0 Å². The van der Waals surface area contributed by atoms with Gasteiger partial charge in [0.25, 0.3) is 0 Å². The van der Waals surface area contributed by atoms with Crippen LogP contribution in [0.15, 0.2) is 30.5 Å². The SMILES string of the molecule is c1cc(CNCC2CCOC2)c2cc[nH]c2c1. The summed E-state index contributed by atoms with van der Waals surface area (Å²) in [5.41, 5.74) is 2.58. The maximum atomic E-state index is 5.37. The van der Waals surface area contributed by atoms with Crippen LogP contribution in [-0.4, -0.2) is 24.7 Å². The molecule has 1 aliphatic heterocycles. The van der Waals surface area contributed by atoms with E-state index in [-0.39, 0.29) is 0 Å². The van der Waals surface area contributed by atoms with Crippen LogP contribution >= 0.6 is 0 Å². The lowest BCUT2D eigenvalue weighted by atomic mass is 10.1. The van der Waals surface area contributed by atoms with E-state index < -0.39 is 0 Å². The van der Waals surface area contributed by atoms with Crippen molar-refractivity contribution in [2.45, 2.75) is 13.0 Å². The lowest BCUT2D eigenvalue weighted by Gasteiger charge is -2.10. The number of rotatable bonds is 4. The first-order chi connectivity index (χ1) is 8.43. The van der Waals surface area contributed by atoms with Crippen molar-refractivity contribution in [2.75, 3.05) is 19.8 Å². The second kappa shape index (κ2) is 4.90. The molecule has 1 aliphatic rings. The Labute approximate surface area is 101 Å². The highest BCUT2D eigenvalue weighted by Crippen LogP contribution is 2.17. The molecule has 3 nitrogen and oxygen atoms in total. The Morgan fingerprint density at radius 1 is 1.35 bits per heavy atom. The second-order valence-electron chi connectivity index (χ2n) is 4.72. The Bertz CT molecular complexity index is 486. The fraction of sp³-hybridized carbons (Fsp3) is 0.429. The number of benzene rings is 1. The highest BCUT2D eigenvalue weighted by Gasteiger charge is 2.14. The van der Waals surface area contributed by atoms with Gasteiger partial charge in [-0.15, -0.1) is 0 Å². The zero-order chi connectivity index (χ0) is 11.5. The zero-order valence-corrected chi connectivity index (χ0v) is 9.91. The van der Waals surface area contributed by atoms with Crippen molar-refractivity contribution in [2.24, 2.45) is 5.92 Å². The largest absolute Gasteiger partial charge is 0.381 e. The summed E-state index contributed by atoms with van der Waals surface area (Å²) in [6.45, 7) is 3.84. The lowest BCUT2D eigenvalue weighted by Crippen LogP contribution is -2.22. The van der Waals surface area contributed by atoms with E-state index >= 15 is 0 Å². The number of hydrogen-bond acceptors (Lipinski definition) is 2. The summed E-state index contributed by atoms with van der Waals surface area (Å²) in [6.07, 6.45) is 3.19. The molecule has 2 aromatic rings. The standard InChI is InChI=1S/C14H18N2O/c1-2-12(13-4-6-16-14(13)3-1)9-15-8-11-5-7-17-10-11/h1-4,6,11,15-16H,5,7-10H2. The zero-order valence-electron chi connectivity index (χ0n) is 9.91. The first kappa shape index (κ1) is 10.8. The van der Waals surface area contributed by atoms with E-state index in [1.807, 2.05) is 6.20 Å². The van der Waals surface area contributed by atoms with E-state index in [1.165, 1.54) is 22.9 Å². The summed E-state index contributed by atoms with van der Waals surface area (Å²) in [5, 5.41) is 4.85. The van der Waals surface area contributed by atoms with Gasteiger partial charge in [0.2, 0.25) is 0 Å². The van der Waals surface area contributed by atoms with Crippen LogP contribution in [0.1, 0.15) is 12.0 Å². The van der Waals surface area contributed by atoms with Crippen LogP contribution in [0.5, 0.6) is 0 Å². The predicted molar refractivity (Wildman–Crippen MR) is 68.9 cm³/mol. The van der Waals surface area contributed by atoms with Crippen molar-refractivity contribution in [1.82, 2.24) is 10.3 Å². The normalized spacial score (nSPS) is 20.1. The molecule has 1 fully saturated rings. The van der Waals surface area contributed by atoms with Crippen LogP contribution < -0.4 is 5.32 Å². The van der Waals surface area contributed by atoms with Crippen LogP contribution in [-0.2, 0) is 11.3 Å². The first-order valence-corrected chi connectivity index (χ1v) is 6.27. The molecule has 0 saturated carbocycles. The first-order valence-electron chi connectivity index (χ1n) is 6.27. The molecule has 17 heavy (non-hydrogen) atoms. The van der Waals surface area contributed by atoms with Gasteiger partial charge in [0.05, 0.1) is 6.61 Å². The molecular formula is C14H18N2O. The van der Waals surface area contributed by atoms with Gasteiger partial charge in [-0.25, -0.2) is 0 Å². The Morgan fingerprint density at radius 3 is 3.24 bits per heavy atom. The van der Waals surface area contributed by atoms with Gasteiger partial charge >= 0.3 is 0 Å². The number of ether oxygens (including phenoxy) is 1. The van der Waals surface area contributed by atoms with E-state index in [1.54, 1.807) is 0 Å². The molecule has 3 heteroatoms. The summed E-state index contributed by atoms with van der Waals surface area (Å²) in [5.74, 6) is 0.695. The molecule has 0 aliphatic carbocycles. The maximum Gasteiger partial charge on any atom is 0.0507 e. The highest BCUT2D eigenvalue weighted by atomic mass is 16.5. The van der Waals surface area contributed by atoms with Crippen LogP contribution in [0, 0.1) is 5.92 Å². The van der Waals surface area contributed by atoms with Crippen molar-refractivity contribution in [3.05, 3.63) is 36.0 Å². The lowest BCUT2D eigenvalue weighted by molar-refractivity contribution is 0.185.